The molecular weight excluding hydrogens is 291 g/mol. The second kappa shape index (κ2) is 6.70. The van der Waals surface area contributed by atoms with Crippen molar-refractivity contribution in [3.63, 3.8) is 0 Å². The van der Waals surface area contributed by atoms with Crippen molar-refractivity contribution in [2.45, 2.75) is 13.0 Å². The van der Waals surface area contributed by atoms with Crippen molar-refractivity contribution >= 4 is 23.2 Å². The first kappa shape index (κ1) is 15.5. The predicted octanol–water partition coefficient (Wildman–Crippen LogP) is 3.75. The lowest BCUT2D eigenvalue weighted by Crippen LogP contribution is -2.30. The third kappa shape index (κ3) is 3.80. The Hall–Kier alpha value is -1.91. The normalized spacial score (nSPS) is 13.5. The minimum Gasteiger partial charge on any atom is -0.323 e. The molecule has 5 heteroatoms. The Morgan fingerprint density at radius 1 is 1.24 bits per heavy atom. The zero-order valence-corrected chi connectivity index (χ0v) is 12.3. The van der Waals surface area contributed by atoms with Crippen LogP contribution in [-0.2, 0) is 4.79 Å². The minimum absolute atomic E-state index is 0.0552. The highest BCUT2D eigenvalue weighted by Gasteiger charge is 2.22. The first-order chi connectivity index (χ1) is 9.99. The molecule has 2 unspecified atom stereocenters. The second-order valence-corrected chi connectivity index (χ2v) is 5.27. The average Bonchev–Trinajstić information content (AvgIpc) is 2.50. The topological polar surface area (TPSA) is 55.1 Å². The summed E-state index contributed by atoms with van der Waals surface area (Å²) in [6.07, 6.45) is 0. The van der Waals surface area contributed by atoms with E-state index in [2.05, 4.69) is 5.32 Å². The van der Waals surface area contributed by atoms with Crippen LogP contribution in [-0.4, -0.2) is 5.91 Å². The van der Waals surface area contributed by atoms with Gasteiger partial charge in [-0.15, -0.1) is 0 Å². The Morgan fingerprint density at radius 3 is 2.57 bits per heavy atom. The lowest BCUT2D eigenvalue weighted by Gasteiger charge is -2.20. The molecule has 1 amide bonds. The molecule has 0 saturated heterocycles. The number of halogens is 2. The SMILES string of the molecule is CC(C(=O)Nc1cc(Cl)ccc1F)C(N)c1ccccc1. The van der Waals surface area contributed by atoms with Crippen LogP contribution >= 0.6 is 11.6 Å². The number of nitrogens with one attached hydrogen (secondary N) is 1. The summed E-state index contributed by atoms with van der Waals surface area (Å²) in [6, 6.07) is 12.8. The maximum atomic E-state index is 13.6. The fourth-order valence-electron chi connectivity index (χ4n) is 1.97. The van der Waals surface area contributed by atoms with Crippen molar-refractivity contribution < 1.29 is 9.18 Å². The number of nitrogens with two attached hydrogens (primary N) is 1. The number of anilines is 1. The van der Waals surface area contributed by atoms with Gasteiger partial charge in [0.15, 0.2) is 0 Å². The van der Waals surface area contributed by atoms with Gasteiger partial charge in [0.05, 0.1) is 11.6 Å². The number of amides is 1. The van der Waals surface area contributed by atoms with E-state index in [1.807, 2.05) is 30.3 Å². The van der Waals surface area contributed by atoms with E-state index in [4.69, 9.17) is 17.3 Å². The van der Waals surface area contributed by atoms with E-state index in [0.717, 1.165) is 5.56 Å². The Kier molecular flexibility index (Phi) is 4.94. The molecule has 0 bridgehead atoms. The Balaban J connectivity index is 2.11. The van der Waals surface area contributed by atoms with E-state index in [1.165, 1.54) is 18.2 Å². The number of benzene rings is 2. The Labute approximate surface area is 127 Å². The average molecular weight is 307 g/mol. The van der Waals surface area contributed by atoms with Gasteiger partial charge in [0, 0.05) is 11.1 Å². The predicted molar refractivity (Wildman–Crippen MR) is 82.6 cm³/mol. The number of rotatable bonds is 4. The molecule has 0 aromatic heterocycles. The fraction of sp³-hybridized carbons (Fsp3) is 0.188. The van der Waals surface area contributed by atoms with Crippen LogP contribution < -0.4 is 11.1 Å². The van der Waals surface area contributed by atoms with Gasteiger partial charge in [-0.1, -0.05) is 48.9 Å². The summed E-state index contributed by atoms with van der Waals surface area (Å²) in [5, 5.41) is 2.88. The summed E-state index contributed by atoms with van der Waals surface area (Å²) >= 11 is 5.80. The van der Waals surface area contributed by atoms with E-state index >= 15 is 0 Å². The van der Waals surface area contributed by atoms with Gasteiger partial charge in [-0.25, -0.2) is 4.39 Å². The highest BCUT2D eigenvalue weighted by atomic mass is 35.5. The molecule has 0 fully saturated rings. The molecule has 2 atom stereocenters. The molecule has 0 radical (unpaired) electrons. The largest absolute Gasteiger partial charge is 0.323 e. The van der Waals surface area contributed by atoms with Crippen LogP contribution in [0, 0.1) is 11.7 Å². The summed E-state index contributed by atoms with van der Waals surface area (Å²) in [5.74, 6) is -1.40. The summed E-state index contributed by atoms with van der Waals surface area (Å²) in [4.78, 5) is 12.2. The highest BCUT2D eigenvalue weighted by molar-refractivity contribution is 6.30. The zero-order chi connectivity index (χ0) is 15.4. The highest BCUT2D eigenvalue weighted by Crippen LogP contribution is 2.23. The van der Waals surface area contributed by atoms with Gasteiger partial charge in [0.1, 0.15) is 5.82 Å². The van der Waals surface area contributed by atoms with Crippen LogP contribution in [0.2, 0.25) is 5.02 Å². The standard InChI is InChI=1S/C16H16ClFN2O/c1-10(15(19)11-5-3-2-4-6-11)16(21)20-14-9-12(17)7-8-13(14)18/h2-10,15H,19H2,1H3,(H,20,21). The molecule has 0 saturated carbocycles. The molecule has 21 heavy (non-hydrogen) atoms. The van der Waals surface area contributed by atoms with Crippen molar-refractivity contribution in [3.05, 3.63) is 64.9 Å². The van der Waals surface area contributed by atoms with Crippen molar-refractivity contribution in [1.29, 1.82) is 0 Å². The summed E-state index contributed by atoms with van der Waals surface area (Å²) in [7, 11) is 0. The van der Waals surface area contributed by atoms with E-state index in [0.29, 0.717) is 5.02 Å². The summed E-state index contributed by atoms with van der Waals surface area (Å²) in [5.41, 5.74) is 6.99. The molecule has 3 N–H and O–H groups in total. The van der Waals surface area contributed by atoms with Gasteiger partial charge in [-0.3, -0.25) is 4.79 Å². The Morgan fingerprint density at radius 2 is 1.90 bits per heavy atom. The lowest BCUT2D eigenvalue weighted by molar-refractivity contribution is -0.120. The van der Waals surface area contributed by atoms with Gasteiger partial charge in [-0.2, -0.15) is 0 Å². The molecule has 110 valence electrons. The third-order valence-corrected chi connectivity index (χ3v) is 3.56. The molecule has 2 rings (SSSR count). The maximum Gasteiger partial charge on any atom is 0.229 e. The first-order valence-corrected chi connectivity index (χ1v) is 6.93. The van der Waals surface area contributed by atoms with Gasteiger partial charge >= 0.3 is 0 Å². The number of carbonyl (C=O) groups excluding carboxylic acids is 1. The monoisotopic (exact) mass is 306 g/mol. The van der Waals surface area contributed by atoms with Crippen LogP contribution in [0.4, 0.5) is 10.1 Å². The number of carbonyl (C=O) groups is 1. The van der Waals surface area contributed by atoms with Crippen molar-refractivity contribution in [3.8, 4) is 0 Å². The van der Waals surface area contributed by atoms with E-state index in [9.17, 15) is 9.18 Å². The van der Waals surface area contributed by atoms with Crippen LogP contribution in [0.25, 0.3) is 0 Å². The summed E-state index contributed by atoms with van der Waals surface area (Å²) < 4.78 is 13.6. The van der Waals surface area contributed by atoms with Crippen LogP contribution in [0.3, 0.4) is 0 Å². The van der Waals surface area contributed by atoms with Gasteiger partial charge in [0.2, 0.25) is 5.91 Å². The molecule has 0 spiro atoms. The quantitative estimate of drug-likeness (QED) is 0.903. The van der Waals surface area contributed by atoms with E-state index in [-0.39, 0.29) is 11.6 Å². The van der Waals surface area contributed by atoms with E-state index in [1.54, 1.807) is 6.92 Å². The molecule has 2 aromatic rings. The van der Waals surface area contributed by atoms with Crippen LogP contribution in [0.5, 0.6) is 0 Å². The maximum absolute atomic E-state index is 13.6. The zero-order valence-electron chi connectivity index (χ0n) is 11.5. The number of hydrogen-bond donors (Lipinski definition) is 2. The molecular formula is C16H16ClFN2O. The van der Waals surface area contributed by atoms with Gasteiger partial charge < -0.3 is 11.1 Å². The molecule has 0 aliphatic carbocycles. The molecule has 0 heterocycles. The molecule has 0 aliphatic heterocycles. The molecule has 2 aromatic carbocycles. The van der Waals surface area contributed by atoms with Crippen molar-refractivity contribution in [2.24, 2.45) is 11.7 Å². The van der Waals surface area contributed by atoms with Gasteiger partial charge in [0.25, 0.3) is 0 Å². The fourth-order valence-corrected chi connectivity index (χ4v) is 2.14. The minimum atomic E-state index is -0.534. The van der Waals surface area contributed by atoms with E-state index < -0.39 is 17.8 Å². The Bertz CT molecular complexity index is 633. The molecule has 3 nitrogen and oxygen atoms in total. The van der Waals surface area contributed by atoms with Crippen LogP contribution in [0.15, 0.2) is 48.5 Å². The number of hydrogen-bond acceptors (Lipinski definition) is 2. The second-order valence-electron chi connectivity index (χ2n) is 4.84. The van der Waals surface area contributed by atoms with Crippen LogP contribution in [0.1, 0.15) is 18.5 Å². The smallest absolute Gasteiger partial charge is 0.229 e. The third-order valence-electron chi connectivity index (χ3n) is 3.32. The van der Waals surface area contributed by atoms with Crippen molar-refractivity contribution in [2.75, 3.05) is 5.32 Å². The first-order valence-electron chi connectivity index (χ1n) is 6.55. The summed E-state index contributed by atoms with van der Waals surface area (Å²) in [6.45, 7) is 1.70. The van der Waals surface area contributed by atoms with Gasteiger partial charge in [-0.05, 0) is 23.8 Å². The lowest BCUT2D eigenvalue weighted by atomic mass is 9.94. The van der Waals surface area contributed by atoms with Crippen molar-refractivity contribution in [1.82, 2.24) is 0 Å². The molecule has 0 aliphatic rings.